The predicted molar refractivity (Wildman–Crippen MR) is 90.0 cm³/mol. The van der Waals surface area contributed by atoms with Crippen molar-refractivity contribution in [2.75, 3.05) is 5.32 Å². The maximum atomic E-state index is 12.2. The van der Waals surface area contributed by atoms with Gasteiger partial charge in [0.2, 0.25) is 17.8 Å². The molecule has 2 aliphatic carbocycles. The molecule has 1 heterocycles. The molecule has 7 heteroatoms. The second-order valence-corrected chi connectivity index (χ2v) is 6.98. The van der Waals surface area contributed by atoms with E-state index < -0.39 is 0 Å². The molecule has 2 saturated carbocycles. The minimum atomic E-state index is 0.00601. The maximum absolute atomic E-state index is 12.2. The number of carbonyl (C=O) groups excluding carboxylic acids is 2. The molecule has 24 heavy (non-hydrogen) atoms. The molecular formula is C17H27N5O2. The summed E-state index contributed by atoms with van der Waals surface area (Å²) in [4.78, 5) is 28.5. The van der Waals surface area contributed by atoms with Crippen molar-refractivity contribution < 1.29 is 9.59 Å². The van der Waals surface area contributed by atoms with Gasteiger partial charge in [-0.2, -0.15) is 4.98 Å². The van der Waals surface area contributed by atoms with Crippen LogP contribution in [0.1, 0.15) is 70.0 Å². The largest absolute Gasteiger partial charge is 0.349 e. The van der Waals surface area contributed by atoms with E-state index >= 15 is 0 Å². The molecule has 0 spiro atoms. The SMILES string of the molecule is O=C(NCc1nc(NC(=O)C2CCCCC2)n[nH]1)C1CCCCC1. The van der Waals surface area contributed by atoms with Crippen LogP contribution in [0.15, 0.2) is 0 Å². The number of nitrogens with zero attached hydrogens (tertiary/aromatic N) is 2. The van der Waals surface area contributed by atoms with Crippen LogP contribution in [0.2, 0.25) is 0 Å². The summed E-state index contributed by atoms with van der Waals surface area (Å²) in [5.74, 6) is 1.18. The lowest BCUT2D eigenvalue weighted by molar-refractivity contribution is -0.126. The first-order valence-corrected chi connectivity index (χ1v) is 9.22. The van der Waals surface area contributed by atoms with Crippen LogP contribution in [0.5, 0.6) is 0 Å². The molecule has 0 unspecified atom stereocenters. The molecule has 2 fully saturated rings. The zero-order valence-corrected chi connectivity index (χ0v) is 14.1. The van der Waals surface area contributed by atoms with E-state index in [2.05, 4.69) is 25.8 Å². The Labute approximate surface area is 142 Å². The standard InChI is InChI=1S/C17H27N5O2/c23-15(12-7-3-1-4-8-12)18-11-14-19-17(22-21-14)20-16(24)13-9-5-2-6-10-13/h12-13H,1-11H2,(H,18,23)(H2,19,20,21,22,24). The van der Waals surface area contributed by atoms with Crippen molar-refractivity contribution in [3.05, 3.63) is 5.82 Å². The molecule has 0 atom stereocenters. The van der Waals surface area contributed by atoms with Gasteiger partial charge in [-0.1, -0.05) is 38.5 Å². The van der Waals surface area contributed by atoms with Crippen LogP contribution in [-0.2, 0) is 16.1 Å². The fourth-order valence-electron chi connectivity index (χ4n) is 3.69. The first-order valence-electron chi connectivity index (χ1n) is 9.22. The Morgan fingerprint density at radius 3 is 2.12 bits per heavy atom. The van der Waals surface area contributed by atoms with E-state index in [0.29, 0.717) is 18.3 Å². The van der Waals surface area contributed by atoms with Crippen molar-refractivity contribution in [3.8, 4) is 0 Å². The lowest BCUT2D eigenvalue weighted by Crippen LogP contribution is -2.31. The highest BCUT2D eigenvalue weighted by Gasteiger charge is 2.23. The van der Waals surface area contributed by atoms with Gasteiger partial charge in [0.05, 0.1) is 6.54 Å². The number of hydrogen-bond acceptors (Lipinski definition) is 4. The van der Waals surface area contributed by atoms with Gasteiger partial charge in [0.1, 0.15) is 5.82 Å². The van der Waals surface area contributed by atoms with Gasteiger partial charge < -0.3 is 5.32 Å². The van der Waals surface area contributed by atoms with Crippen LogP contribution in [0.3, 0.4) is 0 Å². The van der Waals surface area contributed by atoms with Crippen molar-refractivity contribution >= 4 is 17.8 Å². The Morgan fingerprint density at radius 2 is 1.50 bits per heavy atom. The Hall–Kier alpha value is -1.92. The Balaban J connectivity index is 1.44. The summed E-state index contributed by atoms with van der Waals surface area (Å²) in [6.45, 7) is 0.321. The summed E-state index contributed by atoms with van der Waals surface area (Å²) < 4.78 is 0. The highest BCUT2D eigenvalue weighted by molar-refractivity contribution is 5.90. The normalized spacial score (nSPS) is 19.8. The number of hydrogen-bond donors (Lipinski definition) is 3. The van der Waals surface area contributed by atoms with E-state index in [1.54, 1.807) is 0 Å². The van der Waals surface area contributed by atoms with Crippen LogP contribution in [0.4, 0.5) is 5.95 Å². The van der Waals surface area contributed by atoms with Crippen molar-refractivity contribution in [2.24, 2.45) is 11.8 Å². The van der Waals surface area contributed by atoms with Crippen LogP contribution < -0.4 is 10.6 Å². The molecule has 7 nitrogen and oxygen atoms in total. The third-order valence-electron chi connectivity index (χ3n) is 5.15. The highest BCUT2D eigenvalue weighted by atomic mass is 16.2. The van der Waals surface area contributed by atoms with Gasteiger partial charge in [0, 0.05) is 11.8 Å². The molecular weight excluding hydrogens is 306 g/mol. The molecule has 0 radical (unpaired) electrons. The monoisotopic (exact) mass is 333 g/mol. The third-order valence-corrected chi connectivity index (χ3v) is 5.15. The fraction of sp³-hybridized carbons (Fsp3) is 0.765. The number of aromatic amines is 1. The van der Waals surface area contributed by atoms with Crippen molar-refractivity contribution in [2.45, 2.75) is 70.8 Å². The Morgan fingerprint density at radius 1 is 0.917 bits per heavy atom. The van der Waals surface area contributed by atoms with E-state index in [4.69, 9.17) is 0 Å². The van der Waals surface area contributed by atoms with E-state index in [0.717, 1.165) is 51.4 Å². The van der Waals surface area contributed by atoms with Crippen molar-refractivity contribution in [1.82, 2.24) is 20.5 Å². The predicted octanol–water partition coefficient (Wildman–Crippen LogP) is 2.52. The van der Waals surface area contributed by atoms with Crippen molar-refractivity contribution in [3.63, 3.8) is 0 Å². The van der Waals surface area contributed by atoms with Gasteiger partial charge in [0.25, 0.3) is 0 Å². The number of rotatable bonds is 5. The number of carbonyl (C=O) groups is 2. The minimum Gasteiger partial charge on any atom is -0.349 e. The molecule has 3 N–H and O–H groups in total. The third kappa shape index (κ3) is 4.55. The van der Waals surface area contributed by atoms with E-state index in [-0.39, 0.29) is 23.7 Å². The lowest BCUT2D eigenvalue weighted by Gasteiger charge is -2.20. The summed E-state index contributed by atoms with van der Waals surface area (Å²) in [5, 5.41) is 12.5. The molecule has 3 rings (SSSR count). The van der Waals surface area contributed by atoms with E-state index in [9.17, 15) is 9.59 Å². The minimum absolute atomic E-state index is 0.00601. The molecule has 132 valence electrons. The zero-order chi connectivity index (χ0) is 16.8. The molecule has 2 amide bonds. The number of aromatic nitrogens is 3. The van der Waals surface area contributed by atoms with Crippen molar-refractivity contribution in [1.29, 1.82) is 0 Å². The molecule has 2 aliphatic rings. The number of H-pyrrole nitrogens is 1. The maximum Gasteiger partial charge on any atom is 0.248 e. The molecule has 0 aromatic carbocycles. The topological polar surface area (TPSA) is 99.8 Å². The molecule has 0 aliphatic heterocycles. The van der Waals surface area contributed by atoms with Gasteiger partial charge in [-0.3, -0.25) is 20.0 Å². The molecule has 0 bridgehead atoms. The summed E-state index contributed by atoms with van der Waals surface area (Å²) in [7, 11) is 0. The van der Waals surface area contributed by atoms with Gasteiger partial charge in [-0.25, -0.2) is 0 Å². The average Bonchev–Trinajstić information content (AvgIpc) is 3.08. The van der Waals surface area contributed by atoms with Crippen LogP contribution in [-0.4, -0.2) is 27.0 Å². The number of amides is 2. The van der Waals surface area contributed by atoms with E-state index in [1.807, 2.05) is 0 Å². The van der Waals surface area contributed by atoms with Crippen LogP contribution in [0.25, 0.3) is 0 Å². The average molecular weight is 333 g/mol. The number of anilines is 1. The first kappa shape index (κ1) is 16.9. The summed E-state index contributed by atoms with van der Waals surface area (Å²) in [6.07, 6.45) is 10.8. The smallest absolute Gasteiger partial charge is 0.248 e. The second kappa shape index (κ2) is 8.26. The van der Waals surface area contributed by atoms with E-state index in [1.165, 1.54) is 12.8 Å². The summed E-state index contributed by atoms with van der Waals surface area (Å²) in [6, 6.07) is 0. The lowest BCUT2D eigenvalue weighted by atomic mass is 9.89. The summed E-state index contributed by atoms with van der Waals surface area (Å²) in [5.41, 5.74) is 0. The molecule has 1 aromatic rings. The molecule has 0 saturated heterocycles. The van der Waals surface area contributed by atoms with Gasteiger partial charge in [-0.05, 0) is 25.7 Å². The van der Waals surface area contributed by atoms with Crippen LogP contribution >= 0.6 is 0 Å². The second-order valence-electron chi connectivity index (χ2n) is 6.98. The zero-order valence-electron chi connectivity index (χ0n) is 14.1. The highest BCUT2D eigenvalue weighted by Crippen LogP contribution is 2.25. The van der Waals surface area contributed by atoms with Gasteiger partial charge in [-0.15, -0.1) is 5.10 Å². The summed E-state index contributed by atoms with van der Waals surface area (Å²) >= 11 is 0. The molecule has 1 aromatic heterocycles. The fourth-order valence-corrected chi connectivity index (χ4v) is 3.69. The van der Waals surface area contributed by atoms with Gasteiger partial charge in [0.15, 0.2) is 0 Å². The Bertz CT molecular complexity index is 559. The first-order chi connectivity index (χ1) is 11.7. The Kier molecular flexibility index (Phi) is 5.82. The quantitative estimate of drug-likeness (QED) is 0.771. The number of nitrogens with one attached hydrogen (secondary N) is 3. The van der Waals surface area contributed by atoms with Crippen LogP contribution in [0, 0.1) is 11.8 Å². The van der Waals surface area contributed by atoms with Gasteiger partial charge >= 0.3 is 0 Å².